The van der Waals surface area contributed by atoms with Crippen LogP contribution in [-0.2, 0) is 6.54 Å². The summed E-state index contributed by atoms with van der Waals surface area (Å²) in [4.78, 5) is 0. The molecule has 0 bridgehead atoms. The minimum Gasteiger partial charge on any atom is -0.456 e. The number of ether oxygens (including phenoxy) is 1. The molecule has 0 aliphatic rings. The van der Waals surface area contributed by atoms with Crippen molar-refractivity contribution >= 4 is 31.9 Å². The third-order valence-electron chi connectivity index (χ3n) is 2.60. The lowest BCUT2D eigenvalue weighted by molar-refractivity contribution is 0.479. The number of halogens is 2. The zero-order valence-corrected chi connectivity index (χ0v) is 13.8. The van der Waals surface area contributed by atoms with Crippen molar-refractivity contribution in [1.29, 1.82) is 0 Å². The molecule has 0 amide bonds. The van der Waals surface area contributed by atoms with E-state index in [0.717, 1.165) is 33.5 Å². The van der Waals surface area contributed by atoms with Crippen LogP contribution in [0.1, 0.15) is 12.5 Å². The maximum Gasteiger partial charge on any atom is 0.141 e. The second kappa shape index (κ2) is 7.08. The first-order chi connectivity index (χ1) is 9.19. The molecule has 2 aromatic carbocycles. The van der Waals surface area contributed by atoms with Gasteiger partial charge in [-0.15, -0.1) is 0 Å². The Hall–Kier alpha value is -0.840. The van der Waals surface area contributed by atoms with Gasteiger partial charge in [0, 0.05) is 11.0 Å². The molecule has 1 N–H and O–H groups in total. The molecule has 0 saturated heterocycles. The smallest absolute Gasteiger partial charge is 0.141 e. The van der Waals surface area contributed by atoms with Gasteiger partial charge in [-0.2, -0.15) is 0 Å². The summed E-state index contributed by atoms with van der Waals surface area (Å²) in [5.41, 5.74) is 1.23. The molecular formula is C15H15Br2NO. The van der Waals surface area contributed by atoms with Crippen LogP contribution < -0.4 is 10.1 Å². The van der Waals surface area contributed by atoms with Gasteiger partial charge in [-0.25, -0.2) is 0 Å². The van der Waals surface area contributed by atoms with E-state index in [1.165, 1.54) is 5.56 Å². The summed E-state index contributed by atoms with van der Waals surface area (Å²) >= 11 is 6.98. The lowest BCUT2D eigenvalue weighted by Gasteiger charge is -2.10. The Labute approximate surface area is 130 Å². The Bertz CT molecular complexity index is 558. The van der Waals surface area contributed by atoms with Gasteiger partial charge >= 0.3 is 0 Å². The summed E-state index contributed by atoms with van der Waals surface area (Å²) in [5.74, 6) is 1.63. The van der Waals surface area contributed by atoms with Crippen molar-refractivity contribution in [1.82, 2.24) is 5.32 Å². The van der Waals surface area contributed by atoms with Gasteiger partial charge in [0.25, 0.3) is 0 Å². The summed E-state index contributed by atoms with van der Waals surface area (Å²) in [6, 6.07) is 13.9. The van der Waals surface area contributed by atoms with Gasteiger partial charge in [-0.1, -0.05) is 35.0 Å². The molecule has 4 heteroatoms. The minimum atomic E-state index is 0.814. The molecule has 2 rings (SSSR count). The molecule has 100 valence electrons. The van der Waals surface area contributed by atoms with Gasteiger partial charge in [-0.05, 0) is 58.4 Å². The lowest BCUT2D eigenvalue weighted by Crippen LogP contribution is -2.11. The molecule has 0 spiro atoms. The highest BCUT2D eigenvalue weighted by Crippen LogP contribution is 2.31. The third kappa shape index (κ3) is 4.34. The Morgan fingerprint density at radius 3 is 2.63 bits per heavy atom. The Morgan fingerprint density at radius 2 is 1.95 bits per heavy atom. The number of rotatable bonds is 5. The van der Waals surface area contributed by atoms with Crippen LogP contribution >= 0.6 is 31.9 Å². The van der Waals surface area contributed by atoms with Crippen LogP contribution in [0.15, 0.2) is 51.4 Å². The van der Waals surface area contributed by atoms with Gasteiger partial charge in [0.1, 0.15) is 11.5 Å². The molecule has 2 aromatic rings. The summed E-state index contributed by atoms with van der Waals surface area (Å²) < 4.78 is 7.82. The monoisotopic (exact) mass is 383 g/mol. The first-order valence-corrected chi connectivity index (χ1v) is 7.70. The van der Waals surface area contributed by atoms with Crippen LogP contribution in [0.3, 0.4) is 0 Å². The quantitative estimate of drug-likeness (QED) is 0.772. The molecule has 0 aromatic heterocycles. The SMILES string of the molecule is CCNCc1ccc(Oc2cccc(Br)c2)c(Br)c1. The predicted molar refractivity (Wildman–Crippen MR) is 85.7 cm³/mol. The highest BCUT2D eigenvalue weighted by atomic mass is 79.9. The van der Waals surface area contributed by atoms with Crippen LogP contribution in [0.2, 0.25) is 0 Å². The molecular weight excluding hydrogens is 370 g/mol. The van der Waals surface area contributed by atoms with Crippen LogP contribution in [0.4, 0.5) is 0 Å². The maximum absolute atomic E-state index is 5.85. The van der Waals surface area contributed by atoms with Crippen molar-refractivity contribution < 1.29 is 4.74 Å². The Balaban J connectivity index is 2.13. The maximum atomic E-state index is 5.85. The fourth-order valence-corrected chi connectivity index (χ4v) is 2.55. The van der Waals surface area contributed by atoms with E-state index in [1.807, 2.05) is 30.3 Å². The zero-order chi connectivity index (χ0) is 13.7. The molecule has 0 atom stereocenters. The van der Waals surface area contributed by atoms with E-state index in [-0.39, 0.29) is 0 Å². The van der Waals surface area contributed by atoms with Crippen LogP contribution in [0.25, 0.3) is 0 Å². The van der Waals surface area contributed by atoms with Gasteiger partial charge in [0.2, 0.25) is 0 Å². The van der Waals surface area contributed by atoms with E-state index < -0.39 is 0 Å². The van der Waals surface area contributed by atoms with E-state index in [4.69, 9.17) is 4.74 Å². The third-order valence-corrected chi connectivity index (χ3v) is 3.71. The molecule has 0 aliphatic heterocycles. The molecule has 0 aliphatic carbocycles. The average Bonchev–Trinajstić information content (AvgIpc) is 2.39. The lowest BCUT2D eigenvalue weighted by atomic mass is 10.2. The van der Waals surface area contributed by atoms with Gasteiger partial charge in [0.05, 0.1) is 4.47 Å². The largest absolute Gasteiger partial charge is 0.456 e. The van der Waals surface area contributed by atoms with Crippen molar-refractivity contribution in [3.8, 4) is 11.5 Å². The molecule has 2 nitrogen and oxygen atoms in total. The fourth-order valence-electron chi connectivity index (χ4n) is 1.66. The second-order valence-electron chi connectivity index (χ2n) is 4.10. The fraction of sp³-hybridized carbons (Fsp3) is 0.200. The highest BCUT2D eigenvalue weighted by Gasteiger charge is 2.04. The molecule has 0 radical (unpaired) electrons. The molecule has 0 saturated carbocycles. The number of nitrogens with one attached hydrogen (secondary N) is 1. The minimum absolute atomic E-state index is 0.814. The summed E-state index contributed by atoms with van der Waals surface area (Å²) in [7, 11) is 0. The molecule has 19 heavy (non-hydrogen) atoms. The summed E-state index contributed by atoms with van der Waals surface area (Å²) in [5, 5.41) is 3.30. The first-order valence-electron chi connectivity index (χ1n) is 6.11. The Morgan fingerprint density at radius 1 is 1.11 bits per heavy atom. The number of benzene rings is 2. The van der Waals surface area contributed by atoms with Crippen molar-refractivity contribution in [2.45, 2.75) is 13.5 Å². The predicted octanol–water partition coefficient (Wildman–Crippen LogP) is 5.11. The van der Waals surface area contributed by atoms with Gasteiger partial charge in [0.15, 0.2) is 0 Å². The van der Waals surface area contributed by atoms with Crippen LogP contribution in [0.5, 0.6) is 11.5 Å². The topological polar surface area (TPSA) is 21.3 Å². The van der Waals surface area contributed by atoms with E-state index in [9.17, 15) is 0 Å². The Kier molecular flexibility index (Phi) is 5.43. The van der Waals surface area contributed by atoms with E-state index in [2.05, 4.69) is 56.2 Å². The number of hydrogen-bond acceptors (Lipinski definition) is 2. The molecule has 0 heterocycles. The van der Waals surface area contributed by atoms with Crippen molar-refractivity contribution in [2.24, 2.45) is 0 Å². The van der Waals surface area contributed by atoms with Crippen molar-refractivity contribution in [3.63, 3.8) is 0 Å². The highest BCUT2D eigenvalue weighted by molar-refractivity contribution is 9.10. The summed E-state index contributed by atoms with van der Waals surface area (Å²) in [6.07, 6.45) is 0. The van der Waals surface area contributed by atoms with E-state index in [0.29, 0.717) is 0 Å². The average molecular weight is 385 g/mol. The van der Waals surface area contributed by atoms with Crippen LogP contribution in [-0.4, -0.2) is 6.54 Å². The second-order valence-corrected chi connectivity index (χ2v) is 5.87. The van der Waals surface area contributed by atoms with Gasteiger partial charge < -0.3 is 10.1 Å². The standard InChI is InChI=1S/C15H15Br2NO/c1-2-18-10-11-6-7-15(14(17)8-11)19-13-5-3-4-12(16)9-13/h3-9,18H,2,10H2,1H3. The molecule has 0 fully saturated rings. The van der Waals surface area contributed by atoms with Gasteiger partial charge in [-0.3, -0.25) is 0 Å². The summed E-state index contributed by atoms with van der Waals surface area (Å²) in [6.45, 7) is 3.93. The van der Waals surface area contributed by atoms with E-state index >= 15 is 0 Å². The van der Waals surface area contributed by atoms with Crippen molar-refractivity contribution in [2.75, 3.05) is 6.54 Å². The van der Waals surface area contributed by atoms with Crippen molar-refractivity contribution in [3.05, 3.63) is 57.0 Å². The van der Waals surface area contributed by atoms with Crippen LogP contribution in [0, 0.1) is 0 Å². The molecule has 0 unspecified atom stereocenters. The van der Waals surface area contributed by atoms with E-state index in [1.54, 1.807) is 0 Å². The first kappa shape index (κ1) is 14.6. The normalized spacial score (nSPS) is 10.5. The zero-order valence-electron chi connectivity index (χ0n) is 10.6. The number of hydrogen-bond donors (Lipinski definition) is 1.